The second kappa shape index (κ2) is 6.79. The SMILES string of the molecule is C#CCOc1ccccc1CN1[C@H]2CC[C@H]1CC(O)(c1nccn1C)C2. The Bertz CT molecular complexity index is 809. The van der Waals surface area contributed by atoms with E-state index >= 15 is 0 Å². The van der Waals surface area contributed by atoms with Crippen LogP contribution in [-0.2, 0) is 19.2 Å². The van der Waals surface area contributed by atoms with Crippen molar-refractivity contribution in [3.05, 3.63) is 48.0 Å². The quantitative estimate of drug-likeness (QED) is 0.841. The van der Waals surface area contributed by atoms with Crippen molar-refractivity contribution in [3.63, 3.8) is 0 Å². The first-order valence-corrected chi connectivity index (χ1v) is 9.21. The second-order valence-corrected chi connectivity index (χ2v) is 7.46. The fourth-order valence-electron chi connectivity index (χ4n) is 4.66. The highest BCUT2D eigenvalue weighted by molar-refractivity contribution is 5.34. The molecule has 2 aliphatic rings. The van der Waals surface area contributed by atoms with Gasteiger partial charge in [-0.2, -0.15) is 0 Å². The van der Waals surface area contributed by atoms with E-state index in [1.54, 1.807) is 6.20 Å². The molecule has 2 atom stereocenters. The summed E-state index contributed by atoms with van der Waals surface area (Å²) < 4.78 is 7.65. The molecule has 1 aromatic heterocycles. The summed E-state index contributed by atoms with van der Waals surface area (Å²) in [6.07, 6.45) is 12.7. The molecule has 0 amide bonds. The summed E-state index contributed by atoms with van der Waals surface area (Å²) in [6.45, 7) is 1.11. The summed E-state index contributed by atoms with van der Waals surface area (Å²) in [4.78, 5) is 6.94. The molecule has 1 aromatic carbocycles. The lowest BCUT2D eigenvalue weighted by molar-refractivity contribution is -0.0670. The van der Waals surface area contributed by atoms with Crippen molar-refractivity contribution < 1.29 is 9.84 Å². The predicted molar refractivity (Wildman–Crippen MR) is 99.5 cm³/mol. The lowest BCUT2D eigenvalue weighted by Crippen LogP contribution is -2.50. The molecule has 5 heteroatoms. The normalized spacial score (nSPS) is 28.0. The van der Waals surface area contributed by atoms with Crippen LogP contribution in [0.25, 0.3) is 0 Å². The van der Waals surface area contributed by atoms with Gasteiger partial charge in [0, 0.05) is 43.6 Å². The minimum Gasteiger partial charge on any atom is -0.481 e. The average molecular weight is 351 g/mol. The molecule has 4 rings (SSSR count). The number of aryl methyl sites for hydroxylation is 1. The molecule has 3 heterocycles. The van der Waals surface area contributed by atoms with E-state index in [0.717, 1.165) is 49.4 Å². The zero-order chi connectivity index (χ0) is 18.1. The number of ether oxygens (including phenoxy) is 1. The smallest absolute Gasteiger partial charge is 0.148 e. The van der Waals surface area contributed by atoms with Gasteiger partial charge in [-0.15, -0.1) is 6.42 Å². The summed E-state index contributed by atoms with van der Waals surface area (Å²) >= 11 is 0. The predicted octanol–water partition coefficient (Wildman–Crippen LogP) is 2.45. The summed E-state index contributed by atoms with van der Waals surface area (Å²) in [5, 5.41) is 11.3. The number of aromatic nitrogens is 2. The Kier molecular flexibility index (Phi) is 4.47. The van der Waals surface area contributed by atoms with Gasteiger partial charge in [0.2, 0.25) is 0 Å². The van der Waals surface area contributed by atoms with Gasteiger partial charge in [0.1, 0.15) is 23.8 Å². The van der Waals surface area contributed by atoms with Crippen molar-refractivity contribution in [2.75, 3.05) is 6.61 Å². The number of piperidine rings is 1. The maximum atomic E-state index is 11.3. The fourth-order valence-corrected chi connectivity index (χ4v) is 4.66. The molecule has 2 fully saturated rings. The van der Waals surface area contributed by atoms with Crippen LogP contribution < -0.4 is 4.74 Å². The molecule has 0 unspecified atom stereocenters. The van der Waals surface area contributed by atoms with Gasteiger partial charge in [-0.1, -0.05) is 24.1 Å². The molecule has 2 bridgehead atoms. The molecule has 0 aliphatic carbocycles. The summed E-state index contributed by atoms with van der Waals surface area (Å²) in [5.41, 5.74) is 0.321. The number of benzene rings is 1. The number of rotatable bonds is 5. The largest absolute Gasteiger partial charge is 0.481 e. The van der Waals surface area contributed by atoms with Crippen LogP contribution >= 0.6 is 0 Å². The molecule has 0 saturated carbocycles. The van der Waals surface area contributed by atoms with Crippen LogP contribution in [0.15, 0.2) is 36.7 Å². The van der Waals surface area contributed by atoms with E-state index in [2.05, 4.69) is 21.9 Å². The number of fused-ring (bicyclic) bond motifs is 2. The van der Waals surface area contributed by atoms with Crippen LogP contribution in [0.5, 0.6) is 5.75 Å². The molecule has 2 saturated heterocycles. The number of para-hydroxylation sites is 1. The van der Waals surface area contributed by atoms with Crippen LogP contribution in [0.4, 0.5) is 0 Å². The summed E-state index contributed by atoms with van der Waals surface area (Å²) in [6, 6.07) is 8.80. The van der Waals surface area contributed by atoms with Crippen molar-refractivity contribution in [1.82, 2.24) is 14.5 Å². The minimum atomic E-state index is -0.833. The van der Waals surface area contributed by atoms with Crippen molar-refractivity contribution >= 4 is 0 Å². The van der Waals surface area contributed by atoms with Gasteiger partial charge in [0.15, 0.2) is 0 Å². The standard InChI is InChI=1S/C21H25N3O2/c1-3-12-26-19-7-5-4-6-16(19)15-24-17-8-9-18(24)14-21(25,13-17)20-22-10-11-23(20)2/h1,4-7,10-11,17-18,25H,8-9,12-15H2,2H3/t17-,18-/m0/s1. The third kappa shape index (κ3) is 3.00. The fraction of sp³-hybridized carbons (Fsp3) is 0.476. The number of hydrogen-bond donors (Lipinski definition) is 1. The van der Waals surface area contributed by atoms with E-state index in [-0.39, 0.29) is 6.61 Å². The number of imidazole rings is 1. The number of aliphatic hydroxyl groups is 1. The molecule has 136 valence electrons. The van der Waals surface area contributed by atoms with Crippen molar-refractivity contribution in [2.45, 2.75) is 49.9 Å². The first kappa shape index (κ1) is 17.1. The van der Waals surface area contributed by atoms with Gasteiger partial charge >= 0.3 is 0 Å². The Hall–Kier alpha value is -2.29. The van der Waals surface area contributed by atoms with E-state index in [9.17, 15) is 5.11 Å². The minimum absolute atomic E-state index is 0.281. The van der Waals surface area contributed by atoms with Crippen molar-refractivity contribution in [1.29, 1.82) is 0 Å². The van der Waals surface area contributed by atoms with Gasteiger partial charge in [-0.05, 0) is 31.7 Å². The van der Waals surface area contributed by atoms with Crippen LogP contribution in [0.1, 0.15) is 37.1 Å². The van der Waals surface area contributed by atoms with Gasteiger partial charge in [-0.3, -0.25) is 4.90 Å². The van der Waals surface area contributed by atoms with Crippen molar-refractivity contribution in [2.24, 2.45) is 7.05 Å². The van der Waals surface area contributed by atoms with Crippen LogP contribution in [-0.4, -0.2) is 38.2 Å². The monoisotopic (exact) mass is 351 g/mol. The molecule has 0 radical (unpaired) electrons. The molecular weight excluding hydrogens is 326 g/mol. The lowest BCUT2D eigenvalue weighted by Gasteiger charge is -2.43. The molecule has 5 nitrogen and oxygen atoms in total. The van der Waals surface area contributed by atoms with Crippen LogP contribution in [0, 0.1) is 12.3 Å². The second-order valence-electron chi connectivity index (χ2n) is 7.46. The van der Waals surface area contributed by atoms with E-state index < -0.39 is 5.60 Å². The highest BCUT2D eigenvalue weighted by atomic mass is 16.5. The molecule has 0 spiro atoms. The van der Waals surface area contributed by atoms with Crippen molar-refractivity contribution in [3.8, 4) is 18.1 Å². The third-order valence-electron chi connectivity index (χ3n) is 5.79. The molecule has 2 aromatic rings. The molecule has 1 N–H and O–H groups in total. The zero-order valence-electron chi connectivity index (χ0n) is 15.1. The van der Waals surface area contributed by atoms with E-state index in [1.807, 2.05) is 36.0 Å². The summed E-state index contributed by atoms with van der Waals surface area (Å²) in [7, 11) is 1.95. The van der Waals surface area contributed by atoms with E-state index in [1.165, 1.54) is 0 Å². The Balaban J connectivity index is 1.53. The Morgan fingerprint density at radius 1 is 1.31 bits per heavy atom. The lowest BCUT2D eigenvalue weighted by atomic mass is 9.85. The van der Waals surface area contributed by atoms with E-state index in [0.29, 0.717) is 12.1 Å². The van der Waals surface area contributed by atoms with Gasteiger partial charge < -0.3 is 14.4 Å². The van der Waals surface area contributed by atoms with Crippen LogP contribution in [0.3, 0.4) is 0 Å². The molecular formula is C21H25N3O2. The molecule has 26 heavy (non-hydrogen) atoms. The maximum absolute atomic E-state index is 11.3. The number of terminal acetylenes is 1. The maximum Gasteiger partial charge on any atom is 0.148 e. The first-order chi connectivity index (χ1) is 12.6. The van der Waals surface area contributed by atoms with Gasteiger partial charge in [-0.25, -0.2) is 4.98 Å². The molecule has 2 aliphatic heterocycles. The van der Waals surface area contributed by atoms with E-state index in [4.69, 9.17) is 11.2 Å². The number of nitrogens with zero attached hydrogens (tertiary/aromatic N) is 3. The Morgan fingerprint density at radius 2 is 2.04 bits per heavy atom. The third-order valence-corrected chi connectivity index (χ3v) is 5.79. The van der Waals surface area contributed by atoms with Crippen LogP contribution in [0.2, 0.25) is 0 Å². The Labute approximate surface area is 154 Å². The summed E-state index contributed by atoms with van der Waals surface area (Å²) in [5.74, 6) is 4.17. The van der Waals surface area contributed by atoms with Gasteiger partial charge in [0.25, 0.3) is 0 Å². The number of hydrogen-bond acceptors (Lipinski definition) is 4. The highest BCUT2D eigenvalue weighted by Crippen LogP contribution is 2.46. The zero-order valence-corrected chi connectivity index (χ0v) is 15.1. The first-order valence-electron chi connectivity index (χ1n) is 9.21. The highest BCUT2D eigenvalue weighted by Gasteiger charge is 2.49. The Morgan fingerprint density at radius 3 is 2.69 bits per heavy atom. The topological polar surface area (TPSA) is 50.5 Å². The van der Waals surface area contributed by atoms with Gasteiger partial charge in [0.05, 0.1) is 0 Å². The average Bonchev–Trinajstić information content (AvgIpc) is 3.17.